The standard InChI is InChI=1S/C21H24N2O4/c1-13(15-7-5-6-8-16(15)24)22-23-20(25)19-12-26-17-10-9-14(21(2,3)4)11-18(17)27-19/h5-11,19,24H,12H2,1-4H3,(H,23,25). The lowest BCUT2D eigenvalue weighted by molar-refractivity contribution is -0.130. The second kappa shape index (κ2) is 7.31. The molecule has 0 saturated carbocycles. The minimum atomic E-state index is -0.798. The molecule has 6 nitrogen and oxygen atoms in total. The van der Waals surface area contributed by atoms with E-state index in [1.54, 1.807) is 31.2 Å². The van der Waals surface area contributed by atoms with Crippen molar-refractivity contribution in [3.05, 3.63) is 53.6 Å². The molecule has 1 heterocycles. The van der Waals surface area contributed by atoms with Gasteiger partial charge in [-0.1, -0.05) is 39.0 Å². The van der Waals surface area contributed by atoms with Crippen molar-refractivity contribution in [2.45, 2.75) is 39.2 Å². The first-order valence-corrected chi connectivity index (χ1v) is 8.82. The molecule has 2 aromatic carbocycles. The van der Waals surface area contributed by atoms with Crippen LogP contribution in [-0.4, -0.2) is 29.4 Å². The highest BCUT2D eigenvalue weighted by Gasteiger charge is 2.28. The zero-order valence-electron chi connectivity index (χ0n) is 15.9. The number of hydrogen-bond acceptors (Lipinski definition) is 5. The fraction of sp³-hybridized carbons (Fsp3) is 0.333. The summed E-state index contributed by atoms with van der Waals surface area (Å²) in [5, 5.41) is 13.9. The van der Waals surface area contributed by atoms with Crippen molar-refractivity contribution in [3.8, 4) is 17.2 Å². The van der Waals surface area contributed by atoms with Gasteiger partial charge in [0.15, 0.2) is 11.5 Å². The van der Waals surface area contributed by atoms with E-state index in [1.807, 2.05) is 18.2 Å². The number of amides is 1. The normalized spacial score (nSPS) is 16.7. The Morgan fingerprint density at radius 3 is 2.63 bits per heavy atom. The summed E-state index contributed by atoms with van der Waals surface area (Å²) >= 11 is 0. The molecule has 0 aromatic heterocycles. The molecule has 0 fully saturated rings. The summed E-state index contributed by atoms with van der Waals surface area (Å²) in [6, 6.07) is 12.6. The number of para-hydroxylation sites is 1. The quantitative estimate of drug-likeness (QED) is 0.643. The monoisotopic (exact) mass is 368 g/mol. The van der Waals surface area contributed by atoms with Crippen molar-refractivity contribution < 1.29 is 19.4 Å². The van der Waals surface area contributed by atoms with Gasteiger partial charge in [-0.25, -0.2) is 5.43 Å². The first-order chi connectivity index (χ1) is 12.8. The highest BCUT2D eigenvalue weighted by atomic mass is 16.6. The third-order valence-corrected chi connectivity index (χ3v) is 4.39. The molecule has 3 rings (SSSR count). The Hall–Kier alpha value is -3.02. The molecule has 0 saturated heterocycles. The number of nitrogens with zero attached hydrogens (tertiary/aromatic N) is 1. The van der Waals surface area contributed by atoms with Crippen LogP contribution in [-0.2, 0) is 10.2 Å². The number of phenolic OH excluding ortho intramolecular Hbond substituents is 1. The zero-order chi connectivity index (χ0) is 19.6. The SMILES string of the molecule is CC(=NNC(=O)C1COc2ccc(C(C)(C)C)cc2O1)c1ccccc1O. The van der Waals surface area contributed by atoms with Crippen LogP contribution in [0.25, 0.3) is 0 Å². The number of ether oxygens (including phenoxy) is 2. The van der Waals surface area contributed by atoms with Gasteiger partial charge in [-0.05, 0) is 42.2 Å². The zero-order valence-corrected chi connectivity index (χ0v) is 15.9. The fourth-order valence-electron chi connectivity index (χ4n) is 2.72. The Kier molecular flexibility index (Phi) is 5.08. The fourth-order valence-corrected chi connectivity index (χ4v) is 2.72. The highest BCUT2D eigenvalue weighted by Crippen LogP contribution is 2.36. The van der Waals surface area contributed by atoms with E-state index in [0.29, 0.717) is 22.8 Å². The lowest BCUT2D eigenvalue weighted by Crippen LogP contribution is -2.42. The van der Waals surface area contributed by atoms with Crippen molar-refractivity contribution in [2.75, 3.05) is 6.61 Å². The van der Waals surface area contributed by atoms with Crippen LogP contribution in [0.3, 0.4) is 0 Å². The summed E-state index contributed by atoms with van der Waals surface area (Å²) in [7, 11) is 0. The van der Waals surface area contributed by atoms with Gasteiger partial charge in [0.2, 0.25) is 6.10 Å². The van der Waals surface area contributed by atoms with Crippen molar-refractivity contribution in [2.24, 2.45) is 5.10 Å². The third kappa shape index (κ3) is 4.22. The summed E-state index contributed by atoms with van der Waals surface area (Å²) in [4.78, 5) is 12.4. The van der Waals surface area contributed by atoms with Crippen molar-refractivity contribution in [1.29, 1.82) is 0 Å². The van der Waals surface area contributed by atoms with E-state index in [9.17, 15) is 9.90 Å². The molecule has 142 valence electrons. The van der Waals surface area contributed by atoms with E-state index in [-0.39, 0.29) is 17.8 Å². The first kappa shape index (κ1) is 18.8. The maximum absolute atomic E-state index is 12.4. The van der Waals surface area contributed by atoms with E-state index in [0.717, 1.165) is 5.56 Å². The van der Waals surface area contributed by atoms with Gasteiger partial charge in [0.25, 0.3) is 5.91 Å². The number of rotatable bonds is 3. The van der Waals surface area contributed by atoms with Crippen LogP contribution in [0.1, 0.15) is 38.8 Å². The number of hydrazone groups is 1. The predicted molar refractivity (Wildman–Crippen MR) is 104 cm³/mol. The summed E-state index contributed by atoms with van der Waals surface area (Å²) in [5.74, 6) is 0.877. The smallest absolute Gasteiger partial charge is 0.284 e. The average molecular weight is 368 g/mol. The number of carbonyl (C=O) groups excluding carboxylic acids is 1. The molecule has 2 N–H and O–H groups in total. The van der Waals surface area contributed by atoms with Crippen LogP contribution in [0.2, 0.25) is 0 Å². The summed E-state index contributed by atoms with van der Waals surface area (Å²) in [6.45, 7) is 8.15. The Morgan fingerprint density at radius 2 is 1.93 bits per heavy atom. The Labute approximate surface area is 158 Å². The van der Waals surface area contributed by atoms with Gasteiger partial charge in [0, 0.05) is 5.56 Å². The van der Waals surface area contributed by atoms with E-state index < -0.39 is 12.0 Å². The molecular formula is C21H24N2O4. The Bertz CT molecular complexity index is 884. The molecule has 0 spiro atoms. The molecule has 0 bridgehead atoms. The number of hydrogen-bond donors (Lipinski definition) is 2. The van der Waals surface area contributed by atoms with Gasteiger partial charge in [-0.2, -0.15) is 5.10 Å². The molecule has 0 aliphatic carbocycles. The molecule has 6 heteroatoms. The molecule has 1 amide bonds. The topological polar surface area (TPSA) is 80.2 Å². The third-order valence-electron chi connectivity index (χ3n) is 4.39. The second-order valence-electron chi connectivity index (χ2n) is 7.52. The molecule has 2 aromatic rings. The average Bonchev–Trinajstić information content (AvgIpc) is 2.64. The number of fused-ring (bicyclic) bond motifs is 1. The number of benzene rings is 2. The molecule has 27 heavy (non-hydrogen) atoms. The minimum absolute atomic E-state index is 0.0350. The van der Waals surface area contributed by atoms with E-state index in [1.165, 1.54) is 0 Å². The van der Waals surface area contributed by atoms with Gasteiger partial charge >= 0.3 is 0 Å². The second-order valence-corrected chi connectivity index (χ2v) is 7.52. The van der Waals surface area contributed by atoms with Crippen LogP contribution in [0.4, 0.5) is 0 Å². The van der Waals surface area contributed by atoms with Gasteiger partial charge in [-0.15, -0.1) is 0 Å². The first-order valence-electron chi connectivity index (χ1n) is 8.82. The van der Waals surface area contributed by atoms with Gasteiger partial charge in [-0.3, -0.25) is 4.79 Å². The summed E-state index contributed by atoms with van der Waals surface area (Å²) in [5.41, 5.74) is 4.60. The highest BCUT2D eigenvalue weighted by molar-refractivity contribution is 6.01. The van der Waals surface area contributed by atoms with Gasteiger partial charge in [0.05, 0.1) is 5.71 Å². The maximum Gasteiger partial charge on any atom is 0.284 e. The van der Waals surface area contributed by atoms with E-state index >= 15 is 0 Å². The van der Waals surface area contributed by atoms with Gasteiger partial charge < -0.3 is 14.6 Å². The number of nitrogens with one attached hydrogen (secondary N) is 1. The van der Waals surface area contributed by atoms with E-state index in [4.69, 9.17) is 9.47 Å². The van der Waals surface area contributed by atoms with Gasteiger partial charge in [0.1, 0.15) is 12.4 Å². The number of phenols is 1. The molecular weight excluding hydrogens is 344 g/mol. The van der Waals surface area contributed by atoms with Crippen LogP contribution in [0, 0.1) is 0 Å². The van der Waals surface area contributed by atoms with E-state index in [2.05, 4.69) is 31.3 Å². The largest absolute Gasteiger partial charge is 0.507 e. The lowest BCUT2D eigenvalue weighted by Gasteiger charge is -2.27. The number of carbonyl (C=O) groups is 1. The molecule has 0 radical (unpaired) electrons. The molecule has 1 aliphatic heterocycles. The van der Waals surface area contributed by atoms with Crippen LogP contribution >= 0.6 is 0 Å². The lowest BCUT2D eigenvalue weighted by atomic mass is 9.87. The van der Waals surface area contributed by atoms with Crippen molar-refractivity contribution >= 4 is 11.6 Å². The Balaban J connectivity index is 1.70. The minimum Gasteiger partial charge on any atom is -0.507 e. The molecule has 1 aliphatic rings. The van der Waals surface area contributed by atoms with Crippen LogP contribution in [0.5, 0.6) is 17.2 Å². The number of aromatic hydroxyl groups is 1. The maximum atomic E-state index is 12.4. The Morgan fingerprint density at radius 1 is 1.19 bits per heavy atom. The van der Waals surface area contributed by atoms with Crippen molar-refractivity contribution in [1.82, 2.24) is 5.43 Å². The summed E-state index contributed by atoms with van der Waals surface area (Å²) in [6.07, 6.45) is -0.798. The predicted octanol–water partition coefficient (Wildman–Crippen LogP) is 3.37. The van der Waals surface area contributed by atoms with Crippen LogP contribution < -0.4 is 14.9 Å². The van der Waals surface area contributed by atoms with Crippen LogP contribution in [0.15, 0.2) is 47.6 Å². The van der Waals surface area contributed by atoms with Crippen molar-refractivity contribution in [3.63, 3.8) is 0 Å². The molecule has 1 atom stereocenters. The molecule has 1 unspecified atom stereocenters. The summed E-state index contributed by atoms with van der Waals surface area (Å²) < 4.78 is 11.5.